The first kappa shape index (κ1) is 13.0. The predicted octanol–water partition coefficient (Wildman–Crippen LogP) is 3.48. The zero-order chi connectivity index (χ0) is 15.3. The molecule has 0 saturated carbocycles. The number of aryl methyl sites for hydroxylation is 1. The molecule has 1 aromatic heterocycles. The van der Waals surface area contributed by atoms with Gasteiger partial charge in [0, 0.05) is 29.0 Å². The van der Waals surface area contributed by atoms with Crippen molar-refractivity contribution in [3.8, 4) is 0 Å². The molecule has 4 rings (SSSR count). The molecule has 1 aliphatic rings. The topological polar surface area (TPSA) is 57.8 Å². The number of carbonyl (C=O) groups excluding carboxylic acids is 1. The fourth-order valence-electron chi connectivity index (χ4n) is 3.29. The molecule has 1 aliphatic heterocycles. The zero-order valence-corrected chi connectivity index (χ0v) is 12.0. The average molecular weight is 295 g/mol. The van der Waals surface area contributed by atoms with E-state index in [0.717, 1.165) is 33.3 Å². The number of hydrogen-bond acceptors (Lipinski definition) is 2. The highest BCUT2D eigenvalue weighted by Crippen LogP contribution is 2.41. The van der Waals surface area contributed by atoms with Crippen LogP contribution in [0.5, 0.6) is 0 Å². The van der Waals surface area contributed by atoms with Crippen LogP contribution in [0.2, 0.25) is 0 Å². The fraction of sp³-hybridized carbons (Fsp3) is 0.176. The minimum Gasteiger partial charge on any atom is -0.326 e. The Morgan fingerprint density at radius 2 is 2.14 bits per heavy atom. The molecular formula is C17H14FN3O. The summed E-state index contributed by atoms with van der Waals surface area (Å²) in [5, 5.41) is 11.0. The molecule has 0 bridgehead atoms. The molecule has 0 spiro atoms. The maximum Gasteiger partial charge on any atom is 0.225 e. The van der Waals surface area contributed by atoms with Crippen LogP contribution in [0.3, 0.4) is 0 Å². The SMILES string of the molecule is Cc1cc(F)ccc1C1CC(=O)Nc2ccc3cn[nH]c3c21. The molecule has 110 valence electrons. The highest BCUT2D eigenvalue weighted by Gasteiger charge is 2.29. The van der Waals surface area contributed by atoms with Crippen molar-refractivity contribution >= 4 is 22.5 Å². The number of fused-ring (bicyclic) bond motifs is 3. The van der Waals surface area contributed by atoms with Crippen molar-refractivity contribution < 1.29 is 9.18 Å². The van der Waals surface area contributed by atoms with Gasteiger partial charge in [-0.3, -0.25) is 9.89 Å². The van der Waals surface area contributed by atoms with Gasteiger partial charge in [-0.2, -0.15) is 5.10 Å². The Morgan fingerprint density at radius 3 is 2.95 bits per heavy atom. The van der Waals surface area contributed by atoms with Crippen LogP contribution in [0.15, 0.2) is 36.5 Å². The number of benzene rings is 2. The quantitative estimate of drug-likeness (QED) is 0.722. The summed E-state index contributed by atoms with van der Waals surface area (Å²) in [6.07, 6.45) is 2.11. The number of anilines is 1. The first-order valence-corrected chi connectivity index (χ1v) is 7.15. The first-order chi connectivity index (χ1) is 10.6. The summed E-state index contributed by atoms with van der Waals surface area (Å²) >= 11 is 0. The van der Waals surface area contributed by atoms with Gasteiger partial charge in [-0.05, 0) is 42.3 Å². The highest BCUT2D eigenvalue weighted by molar-refractivity contribution is 6.00. The minimum atomic E-state index is -0.263. The van der Waals surface area contributed by atoms with Crippen molar-refractivity contribution in [2.45, 2.75) is 19.3 Å². The lowest BCUT2D eigenvalue weighted by Crippen LogP contribution is -2.24. The third-order valence-electron chi connectivity index (χ3n) is 4.28. The van der Waals surface area contributed by atoms with Gasteiger partial charge in [0.2, 0.25) is 5.91 Å². The standard InChI is InChI=1S/C17H14FN3O/c1-9-6-11(18)3-4-12(9)13-7-15(22)20-14-5-2-10-8-19-21-17(10)16(13)14/h2-6,8,13H,7H2,1H3,(H,19,21)(H,20,22). The molecule has 5 heteroatoms. The summed E-state index contributed by atoms with van der Waals surface area (Å²) in [7, 11) is 0. The Hall–Kier alpha value is -2.69. The second kappa shape index (κ2) is 4.66. The molecule has 1 unspecified atom stereocenters. The Kier molecular flexibility index (Phi) is 2.76. The van der Waals surface area contributed by atoms with E-state index < -0.39 is 0 Å². The van der Waals surface area contributed by atoms with Gasteiger partial charge >= 0.3 is 0 Å². The van der Waals surface area contributed by atoms with Crippen molar-refractivity contribution in [1.29, 1.82) is 0 Å². The lowest BCUT2D eigenvalue weighted by atomic mass is 9.82. The molecule has 0 fully saturated rings. The van der Waals surface area contributed by atoms with E-state index in [2.05, 4.69) is 15.5 Å². The molecule has 2 heterocycles. The molecular weight excluding hydrogens is 281 g/mol. The molecule has 1 atom stereocenters. The number of hydrogen-bond donors (Lipinski definition) is 2. The summed E-state index contributed by atoms with van der Waals surface area (Å²) in [6.45, 7) is 1.87. The van der Waals surface area contributed by atoms with E-state index in [-0.39, 0.29) is 17.6 Å². The van der Waals surface area contributed by atoms with Gasteiger partial charge in [0.15, 0.2) is 0 Å². The van der Waals surface area contributed by atoms with Crippen molar-refractivity contribution in [1.82, 2.24) is 10.2 Å². The first-order valence-electron chi connectivity index (χ1n) is 7.15. The molecule has 4 nitrogen and oxygen atoms in total. The van der Waals surface area contributed by atoms with Gasteiger partial charge in [0.05, 0.1) is 11.7 Å². The van der Waals surface area contributed by atoms with Crippen molar-refractivity contribution in [2.24, 2.45) is 0 Å². The van der Waals surface area contributed by atoms with E-state index >= 15 is 0 Å². The third kappa shape index (κ3) is 1.89. The highest BCUT2D eigenvalue weighted by atomic mass is 19.1. The fourth-order valence-corrected chi connectivity index (χ4v) is 3.29. The summed E-state index contributed by atoms with van der Waals surface area (Å²) < 4.78 is 13.4. The Balaban J connectivity index is 1.98. The van der Waals surface area contributed by atoms with E-state index in [1.807, 2.05) is 19.1 Å². The third-order valence-corrected chi connectivity index (χ3v) is 4.28. The van der Waals surface area contributed by atoms with Gasteiger partial charge in [0.1, 0.15) is 5.82 Å². The zero-order valence-electron chi connectivity index (χ0n) is 12.0. The van der Waals surface area contributed by atoms with Crippen LogP contribution in [0.1, 0.15) is 29.0 Å². The van der Waals surface area contributed by atoms with Crippen molar-refractivity contribution in [3.63, 3.8) is 0 Å². The number of aromatic amines is 1. The maximum atomic E-state index is 13.4. The van der Waals surface area contributed by atoms with Gasteiger partial charge in [0.25, 0.3) is 0 Å². The Bertz CT molecular complexity index is 900. The average Bonchev–Trinajstić information content (AvgIpc) is 2.94. The summed E-state index contributed by atoms with van der Waals surface area (Å²) in [4.78, 5) is 12.1. The summed E-state index contributed by atoms with van der Waals surface area (Å²) in [5.41, 5.74) is 4.55. The number of halogens is 1. The largest absolute Gasteiger partial charge is 0.326 e. The molecule has 2 aromatic carbocycles. The second-order valence-electron chi connectivity index (χ2n) is 5.67. The number of amides is 1. The van der Waals surface area contributed by atoms with Crippen LogP contribution in [0.25, 0.3) is 10.9 Å². The number of carbonyl (C=O) groups is 1. The van der Waals surface area contributed by atoms with Crippen molar-refractivity contribution in [3.05, 3.63) is 59.0 Å². The van der Waals surface area contributed by atoms with Crippen molar-refractivity contribution in [2.75, 3.05) is 5.32 Å². The second-order valence-corrected chi connectivity index (χ2v) is 5.67. The lowest BCUT2D eigenvalue weighted by Gasteiger charge is -2.27. The van der Waals surface area contributed by atoms with E-state index in [4.69, 9.17) is 0 Å². The number of nitrogens with zero attached hydrogens (tertiary/aromatic N) is 1. The number of H-pyrrole nitrogens is 1. The molecule has 0 saturated heterocycles. The Labute approximate surface area is 126 Å². The van der Waals surface area contributed by atoms with Gasteiger partial charge in [-0.25, -0.2) is 4.39 Å². The van der Waals surface area contributed by atoms with Crippen LogP contribution in [-0.2, 0) is 4.79 Å². The monoisotopic (exact) mass is 295 g/mol. The minimum absolute atomic E-state index is 0.0277. The molecule has 22 heavy (non-hydrogen) atoms. The van der Waals surface area contributed by atoms with E-state index in [1.165, 1.54) is 12.1 Å². The van der Waals surface area contributed by atoms with Gasteiger partial charge in [-0.15, -0.1) is 0 Å². The van der Waals surface area contributed by atoms with Crippen LogP contribution in [-0.4, -0.2) is 16.1 Å². The molecule has 0 aliphatic carbocycles. The van der Waals surface area contributed by atoms with Crippen LogP contribution >= 0.6 is 0 Å². The number of nitrogens with one attached hydrogen (secondary N) is 2. The lowest BCUT2D eigenvalue weighted by molar-refractivity contribution is -0.116. The predicted molar refractivity (Wildman–Crippen MR) is 82.3 cm³/mol. The van der Waals surface area contributed by atoms with Gasteiger partial charge in [-0.1, -0.05) is 6.07 Å². The van der Waals surface area contributed by atoms with E-state index in [1.54, 1.807) is 12.3 Å². The Morgan fingerprint density at radius 1 is 1.27 bits per heavy atom. The normalized spacial score (nSPS) is 17.4. The molecule has 1 amide bonds. The number of rotatable bonds is 1. The summed E-state index contributed by atoms with van der Waals surface area (Å²) in [6, 6.07) is 8.55. The smallest absolute Gasteiger partial charge is 0.225 e. The molecule has 3 aromatic rings. The molecule has 0 radical (unpaired) electrons. The van der Waals surface area contributed by atoms with Crippen LogP contribution < -0.4 is 5.32 Å². The van der Waals surface area contributed by atoms with Crippen LogP contribution in [0, 0.1) is 12.7 Å². The van der Waals surface area contributed by atoms with E-state index in [0.29, 0.717) is 6.42 Å². The molecule has 2 N–H and O–H groups in total. The summed E-state index contributed by atoms with van der Waals surface area (Å²) in [5.74, 6) is -0.393. The van der Waals surface area contributed by atoms with Gasteiger partial charge < -0.3 is 5.32 Å². The van der Waals surface area contributed by atoms with Crippen LogP contribution in [0.4, 0.5) is 10.1 Å². The van der Waals surface area contributed by atoms with E-state index in [9.17, 15) is 9.18 Å². The maximum absolute atomic E-state index is 13.4. The number of aromatic nitrogens is 2.